The molecule has 12 heteroatoms. The number of carbonyl (C=O) groups excluding carboxylic acids is 1. The monoisotopic (exact) mass is 549 g/mol. The average molecular weight is 550 g/mol. The van der Waals surface area contributed by atoms with E-state index in [0.717, 1.165) is 11.4 Å². The molecule has 3 aromatic rings. The van der Waals surface area contributed by atoms with Crippen molar-refractivity contribution in [2.45, 2.75) is 49.1 Å². The number of carbonyl (C=O) groups is 1. The van der Waals surface area contributed by atoms with Gasteiger partial charge < -0.3 is 15.4 Å². The Morgan fingerprint density at radius 1 is 1.14 bits per heavy atom. The molecule has 0 radical (unpaired) electrons. The first-order valence-corrected chi connectivity index (χ1v) is 14.7. The van der Waals surface area contributed by atoms with Crippen LogP contribution in [0.2, 0.25) is 0 Å². The Balaban J connectivity index is 1.67. The molecule has 0 aliphatic rings. The van der Waals surface area contributed by atoms with Crippen molar-refractivity contribution in [3.8, 4) is 5.75 Å². The molecular formula is C24H31N5O4S3. The second kappa shape index (κ2) is 12.5. The largest absolute Gasteiger partial charge is 0.492 e. The highest BCUT2D eigenvalue weighted by atomic mass is 32.2. The predicted molar refractivity (Wildman–Crippen MR) is 146 cm³/mol. The fourth-order valence-electron chi connectivity index (χ4n) is 3.38. The zero-order valence-corrected chi connectivity index (χ0v) is 23.4. The Morgan fingerprint density at radius 3 is 2.56 bits per heavy atom. The molecule has 0 bridgehead atoms. The number of para-hydroxylation sites is 2. The Morgan fingerprint density at radius 2 is 1.86 bits per heavy atom. The number of hydrogen-bond acceptors (Lipinski definition) is 9. The summed E-state index contributed by atoms with van der Waals surface area (Å²) in [5.74, 6) is 0.457. The van der Waals surface area contributed by atoms with E-state index in [4.69, 9.17) is 4.74 Å². The SMILES string of the molecule is CCOc1ccccc1Nc1nnc(S[C@H](C)C(=O)Nc2ccc(C)c(S(=O)(=O)N(CC)CC)c2)s1. The van der Waals surface area contributed by atoms with Crippen molar-refractivity contribution in [3.05, 3.63) is 48.0 Å². The number of benzene rings is 2. The van der Waals surface area contributed by atoms with Crippen molar-refractivity contribution in [2.24, 2.45) is 0 Å². The molecule has 194 valence electrons. The van der Waals surface area contributed by atoms with Crippen LogP contribution in [0.5, 0.6) is 5.75 Å². The summed E-state index contributed by atoms with van der Waals surface area (Å²) in [6, 6.07) is 12.5. The number of ether oxygens (including phenoxy) is 1. The van der Waals surface area contributed by atoms with Gasteiger partial charge in [-0.15, -0.1) is 10.2 Å². The molecular weight excluding hydrogens is 518 g/mol. The number of sulfonamides is 1. The molecule has 0 spiro atoms. The number of anilines is 3. The van der Waals surface area contributed by atoms with Crippen molar-refractivity contribution in [2.75, 3.05) is 30.3 Å². The summed E-state index contributed by atoms with van der Waals surface area (Å²) in [6.07, 6.45) is 0. The summed E-state index contributed by atoms with van der Waals surface area (Å²) >= 11 is 2.61. The van der Waals surface area contributed by atoms with Gasteiger partial charge in [0.05, 0.1) is 22.4 Å². The topological polar surface area (TPSA) is 114 Å². The molecule has 2 aromatic carbocycles. The summed E-state index contributed by atoms with van der Waals surface area (Å²) in [6.45, 7) is 10.3. The third-order valence-corrected chi connectivity index (χ3v) is 9.48. The lowest BCUT2D eigenvalue weighted by Gasteiger charge is -2.20. The maximum Gasteiger partial charge on any atom is 0.243 e. The molecule has 0 fully saturated rings. The predicted octanol–water partition coefficient (Wildman–Crippen LogP) is 5.14. The Kier molecular flexibility index (Phi) is 9.71. The number of nitrogens with zero attached hydrogens (tertiary/aromatic N) is 3. The Labute approximate surface area is 220 Å². The maximum atomic E-state index is 13.0. The van der Waals surface area contributed by atoms with E-state index in [2.05, 4.69) is 20.8 Å². The van der Waals surface area contributed by atoms with Crippen LogP contribution >= 0.6 is 23.1 Å². The van der Waals surface area contributed by atoms with E-state index >= 15 is 0 Å². The fourth-order valence-corrected chi connectivity index (χ4v) is 7.00. The minimum atomic E-state index is -3.64. The number of aromatic nitrogens is 2. The van der Waals surface area contributed by atoms with Crippen molar-refractivity contribution in [1.29, 1.82) is 0 Å². The molecule has 0 aliphatic carbocycles. The zero-order valence-electron chi connectivity index (χ0n) is 20.9. The van der Waals surface area contributed by atoms with Crippen LogP contribution in [0.3, 0.4) is 0 Å². The molecule has 3 rings (SSSR count). The first kappa shape index (κ1) is 27.9. The lowest BCUT2D eigenvalue weighted by molar-refractivity contribution is -0.115. The number of aryl methyl sites for hydroxylation is 1. The maximum absolute atomic E-state index is 13.0. The van der Waals surface area contributed by atoms with Gasteiger partial charge >= 0.3 is 0 Å². The number of hydrogen-bond donors (Lipinski definition) is 2. The molecule has 0 unspecified atom stereocenters. The normalized spacial score (nSPS) is 12.4. The summed E-state index contributed by atoms with van der Waals surface area (Å²) in [4.78, 5) is 13.0. The van der Waals surface area contributed by atoms with Gasteiger partial charge in [-0.2, -0.15) is 4.31 Å². The average Bonchev–Trinajstić information content (AvgIpc) is 3.28. The molecule has 1 aromatic heterocycles. The van der Waals surface area contributed by atoms with E-state index in [1.54, 1.807) is 39.8 Å². The molecule has 0 saturated carbocycles. The van der Waals surface area contributed by atoms with Gasteiger partial charge in [0.25, 0.3) is 0 Å². The van der Waals surface area contributed by atoms with E-state index in [9.17, 15) is 13.2 Å². The highest BCUT2D eigenvalue weighted by Crippen LogP contribution is 2.33. The molecule has 9 nitrogen and oxygen atoms in total. The minimum absolute atomic E-state index is 0.191. The quantitative estimate of drug-likeness (QED) is 0.299. The fraction of sp³-hybridized carbons (Fsp3) is 0.375. The molecule has 1 heterocycles. The number of nitrogens with one attached hydrogen (secondary N) is 2. The lowest BCUT2D eigenvalue weighted by atomic mass is 10.2. The molecule has 1 amide bonds. The van der Waals surface area contributed by atoms with Crippen molar-refractivity contribution >= 4 is 55.5 Å². The second-order valence-electron chi connectivity index (χ2n) is 7.75. The van der Waals surface area contributed by atoms with Crippen molar-refractivity contribution < 1.29 is 17.9 Å². The summed E-state index contributed by atoms with van der Waals surface area (Å²) in [5, 5.41) is 14.5. The van der Waals surface area contributed by atoms with E-state index in [-0.39, 0.29) is 10.8 Å². The van der Waals surface area contributed by atoms with Crippen LogP contribution in [0.15, 0.2) is 51.7 Å². The molecule has 1 atom stereocenters. The van der Waals surface area contributed by atoms with Crippen LogP contribution in [0.4, 0.5) is 16.5 Å². The Hall–Kier alpha value is -2.67. The van der Waals surface area contributed by atoms with Crippen LogP contribution in [0, 0.1) is 6.92 Å². The van der Waals surface area contributed by atoms with Gasteiger partial charge in [0.1, 0.15) is 5.75 Å². The van der Waals surface area contributed by atoms with Crippen LogP contribution in [0.25, 0.3) is 0 Å². The highest BCUT2D eigenvalue weighted by molar-refractivity contribution is 8.02. The van der Waals surface area contributed by atoms with Gasteiger partial charge in [0.15, 0.2) is 4.34 Å². The standard InChI is InChI=1S/C24H31N5O4S3/c1-6-29(7-2)36(31,32)21-15-18(14-13-16(21)4)25-22(30)17(5)34-24-28-27-23(35-24)26-19-11-9-10-12-20(19)33-8-3/h9-15,17H,6-8H2,1-5H3,(H,25,30)(H,26,27)/t17-/m1/s1. The van der Waals surface area contributed by atoms with Crippen LogP contribution in [-0.2, 0) is 14.8 Å². The van der Waals surface area contributed by atoms with Gasteiger partial charge in [-0.25, -0.2) is 8.42 Å². The van der Waals surface area contributed by atoms with E-state index < -0.39 is 15.3 Å². The zero-order chi connectivity index (χ0) is 26.3. The number of rotatable bonds is 12. The third kappa shape index (κ3) is 6.75. The lowest BCUT2D eigenvalue weighted by Crippen LogP contribution is -2.31. The van der Waals surface area contributed by atoms with E-state index in [1.165, 1.54) is 33.5 Å². The summed E-state index contributed by atoms with van der Waals surface area (Å²) < 4.78 is 33.7. The number of thioether (sulfide) groups is 1. The third-order valence-electron chi connectivity index (χ3n) is 5.26. The summed E-state index contributed by atoms with van der Waals surface area (Å²) in [7, 11) is -3.64. The number of amides is 1. The smallest absolute Gasteiger partial charge is 0.243 e. The van der Waals surface area contributed by atoms with Gasteiger partial charge in [-0.05, 0) is 50.6 Å². The van der Waals surface area contributed by atoms with Crippen LogP contribution < -0.4 is 15.4 Å². The molecule has 0 aliphatic heterocycles. The first-order valence-electron chi connectivity index (χ1n) is 11.6. The minimum Gasteiger partial charge on any atom is -0.492 e. The highest BCUT2D eigenvalue weighted by Gasteiger charge is 2.25. The van der Waals surface area contributed by atoms with Crippen molar-refractivity contribution in [3.63, 3.8) is 0 Å². The second-order valence-corrected chi connectivity index (χ2v) is 12.2. The molecule has 2 N–H and O–H groups in total. The van der Waals surface area contributed by atoms with Crippen LogP contribution in [0.1, 0.15) is 33.3 Å². The molecule has 36 heavy (non-hydrogen) atoms. The van der Waals surface area contributed by atoms with Gasteiger partial charge in [-0.1, -0.05) is 55.1 Å². The van der Waals surface area contributed by atoms with E-state index in [0.29, 0.717) is 40.4 Å². The summed E-state index contributed by atoms with van der Waals surface area (Å²) in [5.41, 5.74) is 1.84. The van der Waals surface area contributed by atoms with E-state index in [1.807, 2.05) is 31.2 Å². The first-order chi connectivity index (χ1) is 17.2. The Bertz CT molecular complexity index is 1290. The molecule has 0 saturated heterocycles. The van der Waals surface area contributed by atoms with Crippen LogP contribution in [-0.4, -0.2) is 53.8 Å². The van der Waals surface area contributed by atoms with Gasteiger partial charge in [0, 0.05) is 18.8 Å². The van der Waals surface area contributed by atoms with Gasteiger partial charge in [0.2, 0.25) is 21.1 Å². The van der Waals surface area contributed by atoms with Crippen molar-refractivity contribution in [1.82, 2.24) is 14.5 Å². The van der Waals surface area contributed by atoms with Gasteiger partial charge in [-0.3, -0.25) is 4.79 Å².